The van der Waals surface area contributed by atoms with E-state index in [0.29, 0.717) is 5.92 Å². The molecule has 4 heterocycles. The van der Waals surface area contributed by atoms with Crippen LogP contribution in [0.2, 0.25) is 0 Å². The smallest absolute Gasteiger partial charge is 0.199 e. The van der Waals surface area contributed by atoms with Gasteiger partial charge in [-0.1, -0.05) is 13.3 Å². The average Bonchev–Trinajstić information content (AvgIpc) is 3.23. The van der Waals surface area contributed by atoms with Crippen LogP contribution in [0.1, 0.15) is 47.6 Å². The van der Waals surface area contributed by atoms with E-state index in [9.17, 15) is 0 Å². The molecule has 0 aliphatic carbocycles. The van der Waals surface area contributed by atoms with Crippen molar-refractivity contribution in [1.29, 1.82) is 0 Å². The van der Waals surface area contributed by atoms with Crippen LogP contribution in [-0.2, 0) is 13.0 Å². The standard InChI is InChI=1S/C18H23N5S/c1-2-3-14-4-5-15(24-14)12-23-10-6-13(7-11-23)16-17-18(22-21-16)20-9-8-19-17/h4-5,8-9,13H,2-3,6-7,10-12H2,1H3,(H,20,21,22). The molecule has 0 amide bonds. The van der Waals surface area contributed by atoms with Crippen molar-refractivity contribution in [2.75, 3.05) is 13.1 Å². The van der Waals surface area contributed by atoms with Crippen LogP contribution in [0.3, 0.4) is 0 Å². The van der Waals surface area contributed by atoms with Gasteiger partial charge in [0.05, 0.1) is 5.69 Å². The lowest BCUT2D eigenvalue weighted by atomic mass is 9.93. The maximum atomic E-state index is 4.46. The molecule has 0 radical (unpaired) electrons. The van der Waals surface area contributed by atoms with Gasteiger partial charge in [-0.2, -0.15) is 5.10 Å². The highest BCUT2D eigenvalue weighted by molar-refractivity contribution is 7.11. The molecule has 3 aromatic rings. The van der Waals surface area contributed by atoms with Crippen molar-refractivity contribution in [3.05, 3.63) is 40.0 Å². The molecule has 0 spiro atoms. The van der Waals surface area contributed by atoms with E-state index in [-0.39, 0.29) is 0 Å². The molecule has 1 aliphatic rings. The molecule has 6 heteroatoms. The number of nitrogens with one attached hydrogen (secondary N) is 1. The molecular weight excluding hydrogens is 318 g/mol. The van der Waals surface area contributed by atoms with Gasteiger partial charge in [0.15, 0.2) is 5.65 Å². The Balaban J connectivity index is 1.38. The Kier molecular flexibility index (Phi) is 4.58. The number of aromatic nitrogens is 4. The average molecular weight is 341 g/mol. The summed E-state index contributed by atoms with van der Waals surface area (Å²) in [7, 11) is 0. The van der Waals surface area contributed by atoms with Crippen LogP contribution in [0, 0.1) is 0 Å². The van der Waals surface area contributed by atoms with Crippen molar-refractivity contribution in [2.24, 2.45) is 0 Å². The number of piperidine rings is 1. The molecule has 5 nitrogen and oxygen atoms in total. The van der Waals surface area contributed by atoms with Crippen LogP contribution in [0.4, 0.5) is 0 Å². The fourth-order valence-electron chi connectivity index (χ4n) is 3.54. The molecule has 0 unspecified atom stereocenters. The van der Waals surface area contributed by atoms with Gasteiger partial charge < -0.3 is 0 Å². The molecule has 0 atom stereocenters. The van der Waals surface area contributed by atoms with Crippen molar-refractivity contribution in [3.8, 4) is 0 Å². The van der Waals surface area contributed by atoms with E-state index >= 15 is 0 Å². The van der Waals surface area contributed by atoms with Crippen molar-refractivity contribution < 1.29 is 0 Å². The normalized spacial score (nSPS) is 16.9. The summed E-state index contributed by atoms with van der Waals surface area (Å²) in [5.74, 6) is 0.516. The van der Waals surface area contributed by atoms with E-state index in [0.717, 1.165) is 43.6 Å². The minimum absolute atomic E-state index is 0.516. The number of H-pyrrole nitrogens is 1. The zero-order chi connectivity index (χ0) is 16.4. The Hall–Kier alpha value is -1.79. The van der Waals surface area contributed by atoms with Gasteiger partial charge in [0.2, 0.25) is 0 Å². The van der Waals surface area contributed by atoms with Gasteiger partial charge in [0, 0.05) is 34.6 Å². The molecular formula is C18H23N5S. The largest absolute Gasteiger partial charge is 0.298 e. The molecule has 1 fully saturated rings. The highest BCUT2D eigenvalue weighted by Crippen LogP contribution is 2.31. The van der Waals surface area contributed by atoms with E-state index < -0.39 is 0 Å². The van der Waals surface area contributed by atoms with Crippen LogP contribution in [0.5, 0.6) is 0 Å². The minimum Gasteiger partial charge on any atom is -0.298 e. The number of hydrogen-bond acceptors (Lipinski definition) is 5. The highest BCUT2D eigenvalue weighted by Gasteiger charge is 2.24. The van der Waals surface area contributed by atoms with Crippen LogP contribution in [0.15, 0.2) is 24.5 Å². The van der Waals surface area contributed by atoms with E-state index in [1.807, 2.05) is 11.3 Å². The number of aromatic amines is 1. The first-order chi connectivity index (χ1) is 11.8. The highest BCUT2D eigenvalue weighted by atomic mass is 32.1. The zero-order valence-electron chi connectivity index (χ0n) is 14.0. The quantitative estimate of drug-likeness (QED) is 0.768. The van der Waals surface area contributed by atoms with E-state index in [2.05, 4.69) is 44.1 Å². The van der Waals surface area contributed by atoms with Gasteiger partial charge in [0.1, 0.15) is 5.52 Å². The Morgan fingerprint density at radius 2 is 1.96 bits per heavy atom. The predicted octanol–water partition coefficient (Wildman–Crippen LogP) is 3.75. The molecule has 126 valence electrons. The molecule has 0 saturated carbocycles. The third kappa shape index (κ3) is 3.21. The van der Waals surface area contributed by atoms with E-state index in [1.54, 1.807) is 12.4 Å². The maximum absolute atomic E-state index is 4.46. The second-order valence-electron chi connectivity index (χ2n) is 6.53. The Morgan fingerprint density at radius 1 is 1.17 bits per heavy atom. The molecule has 0 aromatic carbocycles. The fraction of sp³-hybridized carbons (Fsp3) is 0.500. The van der Waals surface area contributed by atoms with Crippen molar-refractivity contribution in [1.82, 2.24) is 25.1 Å². The fourth-order valence-corrected chi connectivity index (χ4v) is 4.70. The maximum Gasteiger partial charge on any atom is 0.199 e. The lowest BCUT2D eigenvalue weighted by Gasteiger charge is -2.31. The summed E-state index contributed by atoms with van der Waals surface area (Å²) in [6, 6.07) is 4.60. The van der Waals surface area contributed by atoms with E-state index in [1.165, 1.54) is 28.3 Å². The van der Waals surface area contributed by atoms with Crippen LogP contribution < -0.4 is 0 Å². The Morgan fingerprint density at radius 3 is 2.79 bits per heavy atom. The van der Waals surface area contributed by atoms with E-state index in [4.69, 9.17) is 0 Å². The summed E-state index contributed by atoms with van der Waals surface area (Å²) >= 11 is 1.98. The Bertz CT molecular complexity index is 800. The van der Waals surface area contributed by atoms with Crippen LogP contribution in [0.25, 0.3) is 11.2 Å². The predicted molar refractivity (Wildman–Crippen MR) is 97.2 cm³/mol. The molecule has 4 rings (SSSR count). The lowest BCUT2D eigenvalue weighted by Crippen LogP contribution is -2.32. The SMILES string of the molecule is CCCc1ccc(CN2CCC(c3[nH]nc4nccnc34)CC2)s1. The van der Waals surface area contributed by atoms with Gasteiger partial charge in [-0.15, -0.1) is 11.3 Å². The molecule has 1 aliphatic heterocycles. The van der Waals surface area contributed by atoms with Crippen molar-refractivity contribution >= 4 is 22.5 Å². The first kappa shape index (κ1) is 15.7. The van der Waals surface area contributed by atoms with Crippen LogP contribution >= 0.6 is 11.3 Å². The molecule has 0 bridgehead atoms. The second kappa shape index (κ2) is 6.99. The number of hydrogen-bond donors (Lipinski definition) is 1. The molecule has 3 aromatic heterocycles. The summed E-state index contributed by atoms with van der Waals surface area (Å²) in [5.41, 5.74) is 2.84. The van der Waals surface area contributed by atoms with Gasteiger partial charge in [-0.3, -0.25) is 10.00 Å². The summed E-state index contributed by atoms with van der Waals surface area (Å²) in [4.78, 5) is 14.3. The van der Waals surface area contributed by atoms with Crippen molar-refractivity contribution in [2.45, 2.75) is 45.1 Å². The number of rotatable bonds is 5. The van der Waals surface area contributed by atoms with Gasteiger partial charge in [-0.05, 0) is 44.5 Å². The first-order valence-corrected chi connectivity index (χ1v) is 9.60. The summed E-state index contributed by atoms with van der Waals surface area (Å²) < 4.78 is 0. The Labute approximate surface area is 146 Å². The number of nitrogens with zero attached hydrogens (tertiary/aromatic N) is 4. The van der Waals surface area contributed by atoms with Gasteiger partial charge >= 0.3 is 0 Å². The summed E-state index contributed by atoms with van der Waals surface area (Å²) in [5, 5.41) is 7.46. The molecule has 24 heavy (non-hydrogen) atoms. The summed E-state index contributed by atoms with van der Waals surface area (Å²) in [6.07, 6.45) is 8.19. The number of likely N-dealkylation sites (tertiary alicyclic amines) is 1. The third-order valence-corrected chi connectivity index (χ3v) is 5.94. The van der Waals surface area contributed by atoms with Gasteiger partial charge in [0.25, 0.3) is 0 Å². The van der Waals surface area contributed by atoms with Crippen molar-refractivity contribution in [3.63, 3.8) is 0 Å². The zero-order valence-corrected chi connectivity index (χ0v) is 14.9. The topological polar surface area (TPSA) is 57.7 Å². The molecule has 1 saturated heterocycles. The first-order valence-electron chi connectivity index (χ1n) is 8.78. The summed E-state index contributed by atoms with van der Waals surface area (Å²) in [6.45, 7) is 5.59. The van der Waals surface area contributed by atoms with Crippen LogP contribution in [-0.4, -0.2) is 38.2 Å². The monoisotopic (exact) mass is 341 g/mol. The number of aryl methyl sites for hydroxylation is 1. The second-order valence-corrected chi connectivity index (χ2v) is 7.79. The third-order valence-electron chi connectivity index (χ3n) is 4.81. The number of thiophene rings is 1. The van der Waals surface area contributed by atoms with Gasteiger partial charge in [-0.25, -0.2) is 9.97 Å². The minimum atomic E-state index is 0.516. The number of fused-ring (bicyclic) bond motifs is 1. The molecule has 1 N–H and O–H groups in total. The lowest BCUT2D eigenvalue weighted by molar-refractivity contribution is 0.205.